The van der Waals surface area contributed by atoms with Gasteiger partial charge in [0.05, 0.1) is 11.1 Å². The minimum Gasteiger partial charge on any atom is -0.328 e. The van der Waals surface area contributed by atoms with Crippen LogP contribution in [-0.4, -0.2) is 30.9 Å². The number of hydrogen-bond acceptors (Lipinski definition) is 8. The fourth-order valence-electron chi connectivity index (χ4n) is 1.75. The Bertz CT molecular complexity index is 864. The monoisotopic (exact) mass is 312 g/mol. The van der Waals surface area contributed by atoms with Crippen LogP contribution in [0, 0.1) is 10.1 Å². The molecule has 3 rings (SSSR count). The van der Waals surface area contributed by atoms with Crippen molar-refractivity contribution in [2.45, 2.75) is 0 Å². The molecule has 2 aromatic heterocycles. The fourth-order valence-corrected chi connectivity index (χ4v) is 1.75. The van der Waals surface area contributed by atoms with Gasteiger partial charge in [-0.25, -0.2) is 4.98 Å². The van der Waals surface area contributed by atoms with Crippen molar-refractivity contribution in [2.24, 2.45) is 0 Å². The van der Waals surface area contributed by atoms with Crippen LogP contribution in [0.1, 0.15) is 10.7 Å². The molecule has 1 N–H and O–H groups in total. The van der Waals surface area contributed by atoms with E-state index in [1.807, 2.05) is 0 Å². The van der Waals surface area contributed by atoms with Crippen LogP contribution >= 0.6 is 0 Å². The molecule has 0 spiro atoms. The van der Waals surface area contributed by atoms with Gasteiger partial charge < -0.3 is 9.84 Å². The van der Waals surface area contributed by atoms with Crippen molar-refractivity contribution in [1.29, 1.82) is 0 Å². The van der Waals surface area contributed by atoms with E-state index in [1.54, 1.807) is 6.07 Å². The molecule has 0 radical (unpaired) electrons. The molecule has 0 bridgehead atoms. The molecule has 0 saturated heterocycles. The number of rotatable bonds is 4. The van der Waals surface area contributed by atoms with Crippen LogP contribution in [0.5, 0.6) is 0 Å². The summed E-state index contributed by atoms with van der Waals surface area (Å²) < 4.78 is 4.84. The van der Waals surface area contributed by atoms with Gasteiger partial charge >= 0.3 is 11.8 Å². The average Bonchev–Trinajstić information content (AvgIpc) is 3.06. The normalized spacial score (nSPS) is 10.3. The Morgan fingerprint density at radius 1 is 1.26 bits per heavy atom. The molecule has 23 heavy (non-hydrogen) atoms. The molecule has 0 aliphatic heterocycles. The summed E-state index contributed by atoms with van der Waals surface area (Å²) in [5.41, 5.74) is 0.122. The first-order valence-electron chi connectivity index (χ1n) is 6.30. The number of carbonyl (C=O) groups is 1. The molecule has 3 aromatic rings. The molecular weight excluding hydrogens is 304 g/mol. The van der Waals surface area contributed by atoms with E-state index in [-0.39, 0.29) is 23.1 Å². The lowest BCUT2D eigenvalue weighted by molar-refractivity contribution is -0.383. The van der Waals surface area contributed by atoms with Crippen LogP contribution < -0.4 is 5.32 Å². The first kappa shape index (κ1) is 14.3. The summed E-state index contributed by atoms with van der Waals surface area (Å²) >= 11 is 0. The van der Waals surface area contributed by atoms with E-state index < -0.39 is 10.8 Å². The number of carbonyl (C=O) groups excluding carboxylic acids is 1. The average molecular weight is 312 g/mol. The third-order valence-electron chi connectivity index (χ3n) is 2.76. The van der Waals surface area contributed by atoms with E-state index in [0.717, 1.165) is 0 Å². The molecule has 114 valence electrons. The predicted octanol–water partition coefficient (Wildman–Crippen LogP) is 1.69. The molecule has 0 aliphatic carbocycles. The third-order valence-corrected chi connectivity index (χ3v) is 2.76. The highest BCUT2D eigenvalue weighted by Gasteiger charge is 2.20. The predicted molar refractivity (Wildman–Crippen MR) is 76.4 cm³/mol. The highest BCUT2D eigenvalue weighted by molar-refractivity contribution is 6.02. The molecule has 0 saturated carbocycles. The Kier molecular flexibility index (Phi) is 3.70. The van der Waals surface area contributed by atoms with E-state index in [0.29, 0.717) is 5.69 Å². The minimum absolute atomic E-state index is 0.0294. The number of benzene rings is 1. The maximum Gasteiger partial charge on any atom is 0.316 e. The zero-order valence-corrected chi connectivity index (χ0v) is 11.4. The Balaban J connectivity index is 1.83. The SMILES string of the molecule is O=C(Nc1ccccc1[N+](=O)[O-])c1nc(-c2cnccn2)no1. The Hall–Kier alpha value is -3.69. The number of aromatic nitrogens is 4. The van der Waals surface area contributed by atoms with Crippen LogP contribution in [0.2, 0.25) is 0 Å². The van der Waals surface area contributed by atoms with Crippen LogP contribution in [-0.2, 0) is 0 Å². The van der Waals surface area contributed by atoms with Crippen molar-refractivity contribution in [1.82, 2.24) is 20.1 Å². The molecule has 0 aliphatic rings. The highest BCUT2D eigenvalue weighted by Crippen LogP contribution is 2.23. The van der Waals surface area contributed by atoms with Crippen LogP contribution in [0.3, 0.4) is 0 Å². The summed E-state index contributed by atoms with van der Waals surface area (Å²) in [4.78, 5) is 34.1. The van der Waals surface area contributed by atoms with E-state index in [1.165, 1.54) is 36.8 Å². The third kappa shape index (κ3) is 3.00. The maximum atomic E-state index is 12.1. The number of anilines is 1. The molecule has 10 heteroatoms. The van der Waals surface area contributed by atoms with Gasteiger partial charge in [0, 0.05) is 18.5 Å². The van der Waals surface area contributed by atoms with Gasteiger partial charge in [-0.3, -0.25) is 19.9 Å². The zero-order valence-electron chi connectivity index (χ0n) is 11.4. The first-order valence-corrected chi connectivity index (χ1v) is 6.30. The number of amides is 1. The van der Waals surface area contributed by atoms with Crippen molar-refractivity contribution < 1.29 is 14.2 Å². The number of nitro benzene ring substituents is 1. The topological polar surface area (TPSA) is 137 Å². The first-order chi connectivity index (χ1) is 11.1. The van der Waals surface area contributed by atoms with Gasteiger partial charge in [0.15, 0.2) is 0 Å². The molecule has 0 fully saturated rings. The molecule has 0 unspecified atom stereocenters. The van der Waals surface area contributed by atoms with Crippen molar-refractivity contribution in [3.63, 3.8) is 0 Å². The summed E-state index contributed by atoms with van der Waals surface area (Å²) in [6, 6.07) is 5.72. The van der Waals surface area contributed by atoms with E-state index in [9.17, 15) is 14.9 Å². The summed E-state index contributed by atoms with van der Waals surface area (Å²) in [5, 5.41) is 16.9. The second kappa shape index (κ2) is 5.97. The van der Waals surface area contributed by atoms with E-state index in [4.69, 9.17) is 4.52 Å². The lowest BCUT2D eigenvalue weighted by atomic mass is 10.2. The second-order valence-corrected chi connectivity index (χ2v) is 4.24. The summed E-state index contributed by atoms with van der Waals surface area (Å²) in [7, 11) is 0. The molecule has 1 aromatic carbocycles. The highest BCUT2D eigenvalue weighted by atomic mass is 16.6. The smallest absolute Gasteiger partial charge is 0.316 e. The lowest BCUT2D eigenvalue weighted by Gasteiger charge is -2.02. The van der Waals surface area contributed by atoms with Gasteiger partial charge in [-0.15, -0.1) is 0 Å². The van der Waals surface area contributed by atoms with Gasteiger partial charge in [0.25, 0.3) is 5.69 Å². The molecule has 1 amide bonds. The van der Waals surface area contributed by atoms with Gasteiger partial charge in [-0.05, 0) is 6.07 Å². The lowest BCUT2D eigenvalue weighted by Crippen LogP contribution is -2.13. The second-order valence-electron chi connectivity index (χ2n) is 4.24. The summed E-state index contributed by atoms with van der Waals surface area (Å²) in [6.45, 7) is 0. The molecule has 10 nitrogen and oxygen atoms in total. The van der Waals surface area contributed by atoms with Crippen molar-refractivity contribution in [2.75, 3.05) is 5.32 Å². The Labute approximate surface area is 128 Å². The van der Waals surface area contributed by atoms with Gasteiger partial charge in [0.1, 0.15) is 11.4 Å². The largest absolute Gasteiger partial charge is 0.328 e. The summed E-state index contributed by atoms with van der Waals surface area (Å²) in [6.07, 6.45) is 4.33. The zero-order chi connectivity index (χ0) is 16.2. The number of para-hydroxylation sites is 2. The molecular formula is C13H8N6O4. The van der Waals surface area contributed by atoms with Crippen LogP contribution in [0.4, 0.5) is 11.4 Å². The number of hydrogen-bond donors (Lipinski definition) is 1. The van der Waals surface area contributed by atoms with Gasteiger partial charge in [-0.1, -0.05) is 17.3 Å². The minimum atomic E-state index is -0.762. The van der Waals surface area contributed by atoms with Gasteiger partial charge in [0.2, 0.25) is 5.82 Å². The molecule has 2 heterocycles. The van der Waals surface area contributed by atoms with Gasteiger partial charge in [-0.2, -0.15) is 4.98 Å². The van der Waals surface area contributed by atoms with Crippen LogP contribution in [0.15, 0.2) is 47.4 Å². The number of nitro groups is 1. The molecule has 0 atom stereocenters. The van der Waals surface area contributed by atoms with E-state index in [2.05, 4.69) is 25.4 Å². The van der Waals surface area contributed by atoms with Crippen molar-refractivity contribution in [3.05, 3.63) is 58.9 Å². The Morgan fingerprint density at radius 3 is 2.83 bits per heavy atom. The number of nitrogens with zero attached hydrogens (tertiary/aromatic N) is 5. The standard InChI is InChI=1S/C13H8N6O4/c20-12(16-8-3-1-2-4-10(8)19(21)22)13-17-11(18-23-13)9-7-14-5-6-15-9/h1-7H,(H,16,20). The van der Waals surface area contributed by atoms with Crippen LogP contribution in [0.25, 0.3) is 11.5 Å². The van der Waals surface area contributed by atoms with Crippen molar-refractivity contribution >= 4 is 17.3 Å². The van der Waals surface area contributed by atoms with Crippen molar-refractivity contribution in [3.8, 4) is 11.5 Å². The van der Waals surface area contributed by atoms with E-state index >= 15 is 0 Å². The maximum absolute atomic E-state index is 12.1. The Morgan fingerprint density at radius 2 is 2.09 bits per heavy atom. The summed E-state index contributed by atoms with van der Waals surface area (Å²) in [5.74, 6) is -1.02. The number of nitrogens with one attached hydrogen (secondary N) is 1. The quantitative estimate of drug-likeness (QED) is 0.567. The fraction of sp³-hybridized carbons (Fsp3) is 0.